The number of carbonyl (C=O) groups is 1. The highest BCUT2D eigenvalue weighted by atomic mass is 35.5. The molecule has 0 aliphatic rings. The fourth-order valence-electron chi connectivity index (χ4n) is 2.15. The first kappa shape index (κ1) is 17.9. The number of methoxy groups -OCH3 is 1. The zero-order chi connectivity index (χ0) is 17.4. The van der Waals surface area contributed by atoms with E-state index in [9.17, 15) is 4.79 Å². The minimum absolute atomic E-state index is 0.0762. The van der Waals surface area contributed by atoms with Crippen LogP contribution in [0.1, 0.15) is 13.3 Å². The maximum atomic E-state index is 12.0. The molecule has 6 heteroatoms. The summed E-state index contributed by atoms with van der Waals surface area (Å²) < 4.78 is 10.6. The van der Waals surface area contributed by atoms with Crippen molar-refractivity contribution < 1.29 is 14.3 Å². The molecular weight excluding hydrogens is 328 g/mol. The molecule has 0 aliphatic heterocycles. The molecule has 0 spiro atoms. The van der Waals surface area contributed by atoms with Crippen molar-refractivity contribution in [1.29, 1.82) is 0 Å². The molecule has 0 bridgehead atoms. The largest absolute Gasteiger partial charge is 0.495 e. The van der Waals surface area contributed by atoms with Gasteiger partial charge in [-0.25, -0.2) is 0 Å². The molecule has 1 amide bonds. The lowest BCUT2D eigenvalue weighted by atomic mass is 10.2. The Labute approximate surface area is 146 Å². The molecule has 24 heavy (non-hydrogen) atoms. The molecule has 0 unspecified atom stereocenters. The van der Waals surface area contributed by atoms with E-state index in [1.165, 1.54) is 0 Å². The van der Waals surface area contributed by atoms with Gasteiger partial charge in [0.1, 0.15) is 11.5 Å². The average Bonchev–Trinajstić information content (AvgIpc) is 2.57. The molecule has 0 saturated heterocycles. The SMILES string of the molecule is CCOc1ccc(NC(=O)CCNc2cc(Cl)ccc2OC)cc1. The highest BCUT2D eigenvalue weighted by molar-refractivity contribution is 6.30. The molecule has 0 atom stereocenters. The zero-order valence-electron chi connectivity index (χ0n) is 13.8. The number of rotatable bonds is 8. The van der Waals surface area contributed by atoms with Gasteiger partial charge in [0.25, 0.3) is 0 Å². The Hall–Kier alpha value is -2.40. The van der Waals surface area contributed by atoms with E-state index in [0.717, 1.165) is 17.1 Å². The lowest BCUT2D eigenvalue weighted by Gasteiger charge is -2.12. The van der Waals surface area contributed by atoms with E-state index < -0.39 is 0 Å². The lowest BCUT2D eigenvalue weighted by Crippen LogP contribution is -2.16. The first-order chi connectivity index (χ1) is 11.6. The summed E-state index contributed by atoms with van der Waals surface area (Å²) in [6.07, 6.45) is 0.322. The van der Waals surface area contributed by atoms with Crippen molar-refractivity contribution in [3.63, 3.8) is 0 Å². The van der Waals surface area contributed by atoms with Crippen LogP contribution in [0.5, 0.6) is 11.5 Å². The van der Waals surface area contributed by atoms with Crippen LogP contribution in [0.25, 0.3) is 0 Å². The van der Waals surface area contributed by atoms with E-state index in [2.05, 4.69) is 10.6 Å². The maximum Gasteiger partial charge on any atom is 0.226 e. The van der Waals surface area contributed by atoms with Crippen LogP contribution < -0.4 is 20.1 Å². The Morgan fingerprint density at radius 2 is 1.92 bits per heavy atom. The maximum absolute atomic E-state index is 12.0. The molecule has 0 heterocycles. The Balaban J connectivity index is 1.82. The molecule has 0 radical (unpaired) electrons. The second-order valence-electron chi connectivity index (χ2n) is 5.03. The molecule has 0 saturated carbocycles. The summed E-state index contributed by atoms with van der Waals surface area (Å²) in [5.41, 5.74) is 1.50. The summed E-state index contributed by atoms with van der Waals surface area (Å²) in [7, 11) is 1.59. The number of carbonyl (C=O) groups excluding carboxylic acids is 1. The van der Waals surface area contributed by atoms with Crippen molar-refractivity contribution >= 4 is 28.9 Å². The smallest absolute Gasteiger partial charge is 0.226 e. The average molecular weight is 349 g/mol. The number of benzene rings is 2. The van der Waals surface area contributed by atoms with Crippen LogP contribution in [0.15, 0.2) is 42.5 Å². The van der Waals surface area contributed by atoms with Crippen molar-refractivity contribution in [2.75, 3.05) is 30.9 Å². The Bertz CT molecular complexity index is 674. The van der Waals surface area contributed by atoms with Gasteiger partial charge in [-0.3, -0.25) is 4.79 Å². The third-order valence-corrected chi connectivity index (χ3v) is 3.51. The summed E-state index contributed by atoms with van der Waals surface area (Å²) >= 11 is 5.97. The number of anilines is 2. The zero-order valence-corrected chi connectivity index (χ0v) is 14.5. The van der Waals surface area contributed by atoms with E-state index in [4.69, 9.17) is 21.1 Å². The second-order valence-corrected chi connectivity index (χ2v) is 5.46. The number of ether oxygens (including phenoxy) is 2. The summed E-state index contributed by atoms with van der Waals surface area (Å²) in [5, 5.41) is 6.61. The fraction of sp³-hybridized carbons (Fsp3) is 0.278. The van der Waals surface area contributed by atoms with Crippen molar-refractivity contribution in [3.05, 3.63) is 47.5 Å². The number of hydrogen-bond donors (Lipinski definition) is 2. The van der Waals surface area contributed by atoms with Gasteiger partial charge in [0.15, 0.2) is 0 Å². The molecular formula is C18H21ClN2O3. The second kappa shape index (κ2) is 9.03. The predicted octanol–water partition coefficient (Wildman–Crippen LogP) is 4.19. The van der Waals surface area contributed by atoms with Gasteiger partial charge < -0.3 is 20.1 Å². The van der Waals surface area contributed by atoms with E-state index in [0.29, 0.717) is 30.3 Å². The Morgan fingerprint density at radius 3 is 2.58 bits per heavy atom. The van der Waals surface area contributed by atoms with Gasteiger partial charge >= 0.3 is 0 Å². The van der Waals surface area contributed by atoms with Gasteiger partial charge in [-0.05, 0) is 49.4 Å². The summed E-state index contributed by atoms with van der Waals surface area (Å²) in [6.45, 7) is 3.02. The number of halogens is 1. The molecule has 2 aromatic rings. The van der Waals surface area contributed by atoms with Crippen LogP contribution in [0, 0.1) is 0 Å². The fourth-order valence-corrected chi connectivity index (χ4v) is 2.33. The van der Waals surface area contributed by atoms with Crippen LogP contribution in [-0.4, -0.2) is 26.2 Å². The van der Waals surface area contributed by atoms with Crippen molar-refractivity contribution in [2.24, 2.45) is 0 Å². The van der Waals surface area contributed by atoms with Crippen molar-refractivity contribution in [3.8, 4) is 11.5 Å². The number of amides is 1. The molecule has 2 N–H and O–H groups in total. The van der Waals surface area contributed by atoms with Crippen LogP contribution >= 0.6 is 11.6 Å². The van der Waals surface area contributed by atoms with E-state index in [1.54, 1.807) is 25.3 Å². The van der Waals surface area contributed by atoms with Gasteiger partial charge in [-0.1, -0.05) is 11.6 Å². The van der Waals surface area contributed by atoms with Crippen LogP contribution in [-0.2, 0) is 4.79 Å². The van der Waals surface area contributed by atoms with Gasteiger partial charge in [0, 0.05) is 23.7 Å². The highest BCUT2D eigenvalue weighted by Gasteiger charge is 2.06. The molecule has 2 rings (SSSR count). The van der Waals surface area contributed by atoms with E-state index in [1.807, 2.05) is 31.2 Å². The first-order valence-electron chi connectivity index (χ1n) is 7.72. The molecule has 128 valence electrons. The first-order valence-corrected chi connectivity index (χ1v) is 8.10. The van der Waals surface area contributed by atoms with Crippen molar-refractivity contribution in [1.82, 2.24) is 0 Å². The minimum atomic E-state index is -0.0762. The molecule has 0 fully saturated rings. The topological polar surface area (TPSA) is 59.6 Å². The van der Waals surface area contributed by atoms with E-state index >= 15 is 0 Å². The standard InChI is InChI=1S/C18H21ClN2O3/c1-3-24-15-7-5-14(6-8-15)21-18(22)10-11-20-16-12-13(19)4-9-17(16)23-2/h4-9,12,20H,3,10-11H2,1-2H3,(H,21,22). The van der Waals surface area contributed by atoms with Gasteiger partial charge in [0.05, 0.1) is 19.4 Å². The molecule has 2 aromatic carbocycles. The van der Waals surface area contributed by atoms with Gasteiger partial charge in [-0.2, -0.15) is 0 Å². The lowest BCUT2D eigenvalue weighted by molar-refractivity contribution is -0.115. The van der Waals surface area contributed by atoms with Crippen LogP contribution in [0.3, 0.4) is 0 Å². The monoisotopic (exact) mass is 348 g/mol. The molecule has 5 nitrogen and oxygen atoms in total. The van der Waals surface area contributed by atoms with Crippen molar-refractivity contribution in [2.45, 2.75) is 13.3 Å². The third-order valence-electron chi connectivity index (χ3n) is 3.28. The summed E-state index contributed by atoms with van der Waals surface area (Å²) in [5.74, 6) is 1.39. The number of hydrogen-bond acceptors (Lipinski definition) is 4. The molecule has 0 aromatic heterocycles. The van der Waals surface area contributed by atoms with Gasteiger partial charge in [0.2, 0.25) is 5.91 Å². The Morgan fingerprint density at radius 1 is 1.17 bits per heavy atom. The molecule has 0 aliphatic carbocycles. The summed E-state index contributed by atoms with van der Waals surface area (Å²) in [4.78, 5) is 12.0. The summed E-state index contributed by atoms with van der Waals surface area (Å²) in [6, 6.07) is 12.6. The normalized spacial score (nSPS) is 10.1. The third kappa shape index (κ3) is 5.35. The van der Waals surface area contributed by atoms with E-state index in [-0.39, 0.29) is 5.91 Å². The van der Waals surface area contributed by atoms with Gasteiger partial charge in [-0.15, -0.1) is 0 Å². The van der Waals surface area contributed by atoms with Crippen LogP contribution in [0.4, 0.5) is 11.4 Å². The minimum Gasteiger partial charge on any atom is -0.495 e. The number of nitrogens with one attached hydrogen (secondary N) is 2. The van der Waals surface area contributed by atoms with Crippen LogP contribution in [0.2, 0.25) is 5.02 Å². The quantitative estimate of drug-likeness (QED) is 0.751. The predicted molar refractivity (Wildman–Crippen MR) is 97.4 cm³/mol. The highest BCUT2D eigenvalue weighted by Crippen LogP contribution is 2.27. The Kier molecular flexibility index (Phi) is 6.75.